The van der Waals surface area contributed by atoms with Crippen LogP contribution in [0, 0.1) is 6.92 Å². The van der Waals surface area contributed by atoms with Gasteiger partial charge >= 0.3 is 0 Å². The van der Waals surface area contributed by atoms with Gasteiger partial charge in [0, 0.05) is 56.1 Å². The van der Waals surface area contributed by atoms with E-state index in [4.69, 9.17) is 11.6 Å². The molecule has 9 heteroatoms. The second-order valence-corrected chi connectivity index (χ2v) is 8.25. The van der Waals surface area contributed by atoms with Crippen LogP contribution in [0.4, 0.5) is 5.82 Å². The first-order chi connectivity index (χ1) is 14.9. The van der Waals surface area contributed by atoms with E-state index in [9.17, 15) is 9.59 Å². The van der Waals surface area contributed by atoms with Gasteiger partial charge in [-0.25, -0.2) is 9.97 Å². The molecule has 0 atom stereocenters. The average Bonchev–Trinajstić information content (AvgIpc) is 3.17. The van der Waals surface area contributed by atoms with E-state index in [0.29, 0.717) is 28.2 Å². The van der Waals surface area contributed by atoms with E-state index in [1.54, 1.807) is 23.2 Å². The number of H-pyrrole nitrogens is 1. The summed E-state index contributed by atoms with van der Waals surface area (Å²) in [5, 5.41) is 1.08. The van der Waals surface area contributed by atoms with Gasteiger partial charge in [-0.2, -0.15) is 0 Å². The molecule has 162 valence electrons. The Balaban J connectivity index is 1.56. The Bertz CT molecular complexity index is 1190. The largest absolute Gasteiger partial charge is 0.356 e. The molecular formula is C22H25ClN6O2. The van der Waals surface area contributed by atoms with E-state index in [0.717, 1.165) is 37.4 Å². The van der Waals surface area contributed by atoms with Crippen LogP contribution in [0.1, 0.15) is 28.9 Å². The number of amides is 1. The number of rotatable bonds is 5. The number of nitrogens with one attached hydrogen (secondary N) is 1. The van der Waals surface area contributed by atoms with Gasteiger partial charge in [-0.15, -0.1) is 6.58 Å². The molecule has 0 spiro atoms. The van der Waals surface area contributed by atoms with E-state index < -0.39 is 0 Å². The van der Waals surface area contributed by atoms with Gasteiger partial charge in [0.25, 0.3) is 11.5 Å². The van der Waals surface area contributed by atoms with E-state index in [1.807, 2.05) is 20.0 Å². The van der Waals surface area contributed by atoms with Gasteiger partial charge in [-0.3, -0.25) is 9.59 Å². The molecular weight excluding hydrogens is 416 g/mol. The number of allylic oxidation sites excluding steroid dienone is 1. The lowest BCUT2D eigenvalue weighted by Crippen LogP contribution is -2.46. The fraction of sp³-hybridized carbons (Fsp3) is 0.364. The summed E-state index contributed by atoms with van der Waals surface area (Å²) < 4.78 is 1.52. The van der Waals surface area contributed by atoms with Crippen LogP contribution in [-0.4, -0.2) is 56.5 Å². The van der Waals surface area contributed by atoms with Crippen LogP contribution in [-0.2, 0) is 6.54 Å². The predicted molar refractivity (Wildman–Crippen MR) is 122 cm³/mol. The lowest BCUT2D eigenvalue weighted by molar-refractivity contribution is 0.0710. The van der Waals surface area contributed by atoms with Crippen LogP contribution in [0.3, 0.4) is 0 Å². The van der Waals surface area contributed by atoms with E-state index >= 15 is 0 Å². The summed E-state index contributed by atoms with van der Waals surface area (Å²) in [6, 6.07) is 3.71. The number of anilines is 1. The van der Waals surface area contributed by atoms with Crippen molar-refractivity contribution in [2.75, 3.05) is 25.0 Å². The highest BCUT2D eigenvalue weighted by Gasteiger charge is 2.28. The minimum atomic E-state index is -0.154. The second-order valence-electron chi connectivity index (χ2n) is 7.86. The Morgan fingerprint density at radius 3 is 2.77 bits per heavy atom. The van der Waals surface area contributed by atoms with Crippen molar-refractivity contribution in [3.05, 3.63) is 64.1 Å². The molecule has 0 aromatic carbocycles. The van der Waals surface area contributed by atoms with Crippen molar-refractivity contribution in [2.45, 2.75) is 32.4 Å². The van der Waals surface area contributed by atoms with Gasteiger partial charge in [-0.05, 0) is 25.8 Å². The summed E-state index contributed by atoms with van der Waals surface area (Å²) in [5.74, 6) is 0.707. The number of nitrogens with zero attached hydrogens (tertiary/aromatic N) is 5. The second kappa shape index (κ2) is 8.55. The molecule has 0 bridgehead atoms. The zero-order chi connectivity index (χ0) is 22.1. The summed E-state index contributed by atoms with van der Waals surface area (Å²) in [7, 11) is 1.83. The lowest BCUT2D eigenvalue weighted by Gasteiger charge is -2.37. The Morgan fingerprint density at radius 2 is 2.10 bits per heavy atom. The smallest absolute Gasteiger partial charge is 0.275 e. The van der Waals surface area contributed by atoms with Gasteiger partial charge in [0.1, 0.15) is 22.8 Å². The van der Waals surface area contributed by atoms with Gasteiger partial charge in [-0.1, -0.05) is 17.7 Å². The van der Waals surface area contributed by atoms with E-state index in [2.05, 4.69) is 26.4 Å². The third kappa shape index (κ3) is 4.07. The van der Waals surface area contributed by atoms with Crippen LogP contribution in [0.15, 0.2) is 42.1 Å². The first kappa shape index (κ1) is 21.1. The third-order valence-corrected chi connectivity index (χ3v) is 6.04. The average molecular weight is 441 g/mol. The Hall–Kier alpha value is -3.13. The molecule has 1 N–H and O–H groups in total. The third-order valence-electron chi connectivity index (χ3n) is 5.83. The van der Waals surface area contributed by atoms with Crippen molar-refractivity contribution in [2.24, 2.45) is 0 Å². The number of piperidine rings is 1. The summed E-state index contributed by atoms with van der Waals surface area (Å²) in [6.07, 6.45) is 6.38. The minimum absolute atomic E-state index is 0.0923. The highest BCUT2D eigenvalue weighted by Crippen LogP contribution is 2.24. The van der Waals surface area contributed by atoms with Crippen molar-refractivity contribution in [1.82, 2.24) is 24.4 Å². The van der Waals surface area contributed by atoms with Crippen LogP contribution in [0.2, 0.25) is 5.15 Å². The summed E-state index contributed by atoms with van der Waals surface area (Å²) in [5.41, 5.74) is 1.67. The maximum absolute atomic E-state index is 13.5. The van der Waals surface area contributed by atoms with E-state index in [1.165, 1.54) is 10.9 Å². The number of aromatic nitrogens is 4. The normalized spacial score (nSPS) is 14.7. The van der Waals surface area contributed by atoms with Crippen molar-refractivity contribution in [3.63, 3.8) is 0 Å². The molecule has 31 heavy (non-hydrogen) atoms. The summed E-state index contributed by atoms with van der Waals surface area (Å²) >= 11 is 5.98. The molecule has 4 heterocycles. The number of hydrogen-bond donors (Lipinski definition) is 1. The summed E-state index contributed by atoms with van der Waals surface area (Å²) in [6.45, 7) is 7.48. The molecule has 1 aliphatic rings. The van der Waals surface area contributed by atoms with Crippen LogP contribution < -0.4 is 10.5 Å². The monoisotopic (exact) mass is 440 g/mol. The predicted octanol–water partition coefficient (Wildman–Crippen LogP) is 3.01. The van der Waals surface area contributed by atoms with Crippen LogP contribution >= 0.6 is 11.6 Å². The van der Waals surface area contributed by atoms with Crippen molar-refractivity contribution < 1.29 is 4.79 Å². The van der Waals surface area contributed by atoms with Crippen molar-refractivity contribution >= 4 is 34.2 Å². The number of carbonyl (C=O) groups excluding carboxylic acids is 1. The van der Waals surface area contributed by atoms with Gasteiger partial charge in [0.15, 0.2) is 0 Å². The van der Waals surface area contributed by atoms with Crippen molar-refractivity contribution in [3.8, 4) is 0 Å². The Labute approximate surface area is 185 Å². The molecule has 1 amide bonds. The molecule has 1 aliphatic heterocycles. The molecule has 0 radical (unpaired) electrons. The zero-order valence-electron chi connectivity index (χ0n) is 17.6. The number of fused-ring (bicyclic) bond motifs is 1. The van der Waals surface area contributed by atoms with Crippen LogP contribution in [0.25, 0.3) is 10.9 Å². The SMILES string of the molecule is C=CCn1cc(C(=O)N(C)C2CCN(c3cc(Cl)ncn3)CC2)c2cc(C)[nH]c2c1=O. The number of pyridine rings is 1. The minimum Gasteiger partial charge on any atom is -0.356 e. The van der Waals surface area contributed by atoms with Gasteiger partial charge < -0.3 is 19.4 Å². The number of aryl methyl sites for hydroxylation is 1. The summed E-state index contributed by atoms with van der Waals surface area (Å²) in [4.78, 5) is 41.4. The molecule has 8 nitrogen and oxygen atoms in total. The fourth-order valence-electron chi connectivity index (χ4n) is 4.18. The highest BCUT2D eigenvalue weighted by atomic mass is 35.5. The molecule has 3 aromatic rings. The molecule has 0 aliphatic carbocycles. The molecule has 0 unspecified atom stereocenters. The maximum Gasteiger partial charge on any atom is 0.275 e. The molecule has 1 saturated heterocycles. The standard InChI is InChI=1S/C22H25ClN6O2/c1-4-7-29-12-17(16-10-14(2)26-20(16)22(29)31)21(30)27(3)15-5-8-28(9-6-15)19-11-18(23)24-13-25-19/h4,10-13,15,26H,1,5-9H2,2-3H3. The Morgan fingerprint density at radius 1 is 1.35 bits per heavy atom. The lowest BCUT2D eigenvalue weighted by atomic mass is 10.0. The van der Waals surface area contributed by atoms with Crippen LogP contribution in [0.5, 0.6) is 0 Å². The number of halogens is 1. The topological polar surface area (TPSA) is 87.1 Å². The number of carbonyl (C=O) groups is 1. The first-order valence-corrected chi connectivity index (χ1v) is 10.6. The van der Waals surface area contributed by atoms with Gasteiger partial charge in [0.2, 0.25) is 0 Å². The molecule has 3 aromatic heterocycles. The quantitative estimate of drug-likeness (QED) is 0.486. The van der Waals surface area contributed by atoms with Crippen molar-refractivity contribution in [1.29, 1.82) is 0 Å². The zero-order valence-corrected chi connectivity index (χ0v) is 18.4. The molecule has 0 saturated carbocycles. The fourth-order valence-corrected chi connectivity index (χ4v) is 4.32. The van der Waals surface area contributed by atoms with E-state index in [-0.39, 0.29) is 17.5 Å². The number of hydrogen-bond acceptors (Lipinski definition) is 5. The van der Waals surface area contributed by atoms with Gasteiger partial charge in [0.05, 0.1) is 5.56 Å². The number of aromatic amines is 1. The first-order valence-electron chi connectivity index (χ1n) is 10.2. The molecule has 4 rings (SSSR count). The Kier molecular flexibility index (Phi) is 5.82. The molecule has 1 fully saturated rings. The maximum atomic E-state index is 13.5. The highest BCUT2D eigenvalue weighted by molar-refractivity contribution is 6.29.